The Balaban J connectivity index is 1.94. The van der Waals surface area contributed by atoms with Crippen LogP contribution in [0.2, 0.25) is 0 Å². The second-order valence-corrected chi connectivity index (χ2v) is 6.38. The summed E-state index contributed by atoms with van der Waals surface area (Å²) in [6.45, 7) is 10.3. The highest BCUT2D eigenvalue weighted by molar-refractivity contribution is 7.12. The molecule has 17 heavy (non-hydrogen) atoms. The van der Waals surface area contributed by atoms with Crippen molar-refractivity contribution in [1.82, 2.24) is 9.80 Å². The number of thiophene rings is 1. The molecule has 0 aliphatic carbocycles. The number of amides is 1. The lowest BCUT2D eigenvalue weighted by molar-refractivity contribution is 0.0455. The summed E-state index contributed by atoms with van der Waals surface area (Å²) < 4.78 is 0. The van der Waals surface area contributed by atoms with Gasteiger partial charge in [-0.2, -0.15) is 0 Å². The zero-order valence-electron chi connectivity index (χ0n) is 10.8. The van der Waals surface area contributed by atoms with Crippen LogP contribution in [0.3, 0.4) is 0 Å². The molecule has 94 valence electrons. The Morgan fingerprint density at radius 1 is 1.24 bits per heavy atom. The fraction of sp³-hybridized carbons (Fsp3) is 0.615. The maximum absolute atomic E-state index is 12.1. The summed E-state index contributed by atoms with van der Waals surface area (Å²) in [4.78, 5) is 17.4. The highest BCUT2D eigenvalue weighted by Gasteiger charge is 2.28. The van der Waals surface area contributed by atoms with Gasteiger partial charge in [0.05, 0.1) is 4.88 Å². The first-order valence-electron chi connectivity index (χ1n) is 6.06. The third kappa shape index (κ3) is 2.87. The molecule has 2 heterocycles. The quantitative estimate of drug-likeness (QED) is 0.765. The molecule has 0 saturated carbocycles. The zero-order valence-corrected chi connectivity index (χ0v) is 11.6. The van der Waals surface area contributed by atoms with Gasteiger partial charge < -0.3 is 4.90 Å². The summed E-state index contributed by atoms with van der Waals surface area (Å²) in [5.41, 5.74) is 0.206. The summed E-state index contributed by atoms with van der Waals surface area (Å²) in [6, 6.07) is 3.84. The zero-order chi connectivity index (χ0) is 12.5. The topological polar surface area (TPSA) is 23.6 Å². The lowest BCUT2D eigenvalue weighted by Gasteiger charge is -2.42. The van der Waals surface area contributed by atoms with Crippen LogP contribution in [0.25, 0.3) is 0 Å². The summed E-state index contributed by atoms with van der Waals surface area (Å²) in [5, 5.41) is 1.96. The van der Waals surface area contributed by atoms with Gasteiger partial charge in [-0.25, -0.2) is 0 Å². The summed E-state index contributed by atoms with van der Waals surface area (Å²) in [6.07, 6.45) is 0. The van der Waals surface area contributed by atoms with E-state index < -0.39 is 0 Å². The predicted molar refractivity (Wildman–Crippen MR) is 71.5 cm³/mol. The minimum Gasteiger partial charge on any atom is -0.335 e. The van der Waals surface area contributed by atoms with Crippen LogP contribution < -0.4 is 0 Å². The molecule has 0 bridgehead atoms. The molecule has 1 fully saturated rings. The molecule has 1 aliphatic heterocycles. The predicted octanol–water partition coefficient (Wildman–Crippen LogP) is 2.30. The molecule has 4 heteroatoms. The largest absolute Gasteiger partial charge is 0.335 e. The Hall–Kier alpha value is -0.870. The maximum Gasteiger partial charge on any atom is 0.264 e. The standard InChI is InChI=1S/C13H20N2OS/c1-13(2,3)15-8-6-14(7-9-15)12(16)11-5-4-10-17-11/h4-5,10H,6-9H2,1-3H3. The Bertz CT molecular complexity index is 373. The molecule has 1 saturated heterocycles. The van der Waals surface area contributed by atoms with Crippen molar-refractivity contribution in [2.24, 2.45) is 0 Å². The van der Waals surface area contributed by atoms with Gasteiger partial charge in [-0.3, -0.25) is 9.69 Å². The van der Waals surface area contributed by atoms with Gasteiger partial charge in [-0.15, -0.1) is 11.3 Å². The van der Waals surface area contributed by atoms with E-state index in [1.165, 1.54) is 11.3 Å². The molecule has 3 nitrogen and oxygen atoms in total. The first-order valence-corrected chi connectivity index (χ1v) is 6.94. The molecule has 1 amide bonds. The average Bonchev–Trinajstić information content (AvgIpc) is 2.80. The Morgan fingerprint density at radius 3 is 2.35 bits per heavy atom. The van der Waals surface area contributed by atoms with E-state index in [1.807, 2.05) is 22.4 Å². The van der Waals surface area contributed by atoms with Crippen molar-refractivity contribution in [2.75, 3.05) is 26.2 Å². The van der Waals surface area contributed by atoms with Crippen molar-refractivity contribution >= 4 is 17.2 Å². The number of carbonyl (C=O) groups excluding carboxylic acids is 1. The lowest BCUT2D eigenvalue weighted by atomic mass is 10.0. The van der Waals surface area contributed by atoms with Crippen molar-refractivity contribution in [1.29, 1.82) is 0 Å². The van der Waals surface area contributed by atoms with Crippen LogP contribution in [-0.4, -0.2) is 47.4 Å². The molecule has 2 rings (SSSR count). The second-order valence-electron chi connectivity index (χ2n) is 5.43. The maximum atomic E-state index is 12.1. The SMILES string of the molecule is CC(C)(C)N1CCN(C(=O)c2cccs2)CC1. The van der Waals surface area contributed by atoms with E-state index in [-0.39, 0.29) is 11.4 Å². The van der Waals surface area contributed by atoms with Gasteiger partial charge in [0.25, 0.3) is 5.91 Å². The molecule has 0 spiro atoms. The van der Waals surface area contributed by atoms with E-state index in [0.717, 1.165) is 31.1 Å². The number of carbonyl (C=O) groups is 1. The van der Waals surface area contributed by atoms with Gasteiger partial charge in [0.2, 0.25) is 0 Å². The Labute approximate surface area is 107 Å². The molecule has 0 N–H and O–H groups in total. The number of nitrogens with zero attached hydrogens (tertiary/aromatic N) is 2. The average molecular weight is 252 g/mol. The van der Waals surface area contributed by atoms with Crippen LogP contribution in [0.15, 0.2) is 17.5 Å². The van der Waals surface area contributed by atoms with E-state index >= 15 is 0 Å². The smallest absolute Gasteiger partial charge is 0.264 e. The Kier molecular flexibility index (Phi) is 3.54. The highest BCUT2D eigenvalue weighted by Crippen LogP contribution is 2.18. The summed E-state index contributed by atoms with van der Waals surface area (Å²) in [5.74, 6) is 0.188. The van der Waals surface area contributed by atoms with Crippen molar-refractivity contribution in [3.63, 3.8) is 0 Å². The third-order valence-electron chi connectivity index (χ3n) is 3.25. The number of piperazine rings is 1. The van der Waals surface area contributed by atoms with Gasteiger partial charge in [0, 0.05) is 31.7 Å². The van der Waals surface area contributed by atoms with Crippen LogP contribution in [0, 0.1) is 0 Å². The van der Waals surface area contributed by atoms with Gasteiger partial charge in [0.15, 0.2) is 0 Å². The monoisotopic (exact) mass is 252 g/mol. The molecule has 1 aliphatic rings. The molecule has 0 aromatic carbocycles. The van der Waals surface area contributed by atoms with E-state index in [4.69, 9.17) is 0 Å². The number of hydrogen-bond acceptors (Lipinski definition) is 3. The molecular formula is C13H20N2OS. The number of rotatable bonds is 1. The molecule has 0 atom stereocenters. The van der Waals surface area contributed by atoms with Crippen LogP contribution in [-0.2, 0) is 0 Å². The normalized spacial score (nSPS) is 18.4. The molecule has 0 unspecified atom stereocenters. The lowest BCUT2D eigenvalue weighted by Crippen LogP contribution is -2.54. The molecular weight excluding hydrogens is 232 g/mol. The van der Waals surface area contributed by atoms with Gasteiger partial charge in [-0.05, 0) is 32.2 Å². The molecule has 0 radical (unpaired) electrons. The van der Waals surface area contributed by atoms with Crippen LogP contribution >= 0.6 is 11.3 Å². The van der Waals surface area contributed by atoms with Gasteiger partial charge in [-0.1, -0.05) is 6.07 Å². The van der Waals surface area contributed by atoms with Crippen molar-refractivity contribution in [2.45, 2.75) is 26.3 Å². The molecule has 1 aromatic heterocycles. The van der Waals surface area contributed by atoms with Crippen molar-refractivity contribution in [3.05, 3.63) is 22.4 Å². The van der Waals surface area contributed by atoms with Crippen molar-refractivity contribution < 1.29 is 4.79 Å². The number of hydrogen-bond donors (Lipinski definition) is 0. The van der Waals surface area contributed by atoms with Gasteiger partial charge >= 0.3 is 0 Å². The van der Waals surface area contributed by atoms with Crippen LogP contribution in [0.5, 0.6) is 0 Å². The summed E-state index contributed by atoms with van der Waals surface area (Å²) in [7, 11) is 0. The summed E-state index contributed by atoms with van der Waals surface area (Å²) >= 11 is 1.53. The van der Waals surface area contributed by atoms with E-state index in [0.29, 0.717) is 0 Å². The first-order chi connectivity index (χ1) is 7.98. The van der Waals surface area contributed by atoms with Gasteiger partial charge in [0.1, 0.15) is 0 Å². The van der Waals surface area contributed by atoms with Crippen LogP contribution in [0.1, 0.15) is 30.4 Å². The van der Waals surface area contributed by atoms with E-state index in [9.17, 15) is 4.79 Å². The second kappa shape index (κ2) is 4.78. The van der Waals surface area contributed by atoms with Crippen LogP contribution in [0.4, 0.5) is 0 Å². The third-order valence-corrected chi connectivity index (χ3v) is 4.11. The minimum atomic E-state index is 0.188. The highest BCUT2D eigenvalue weighted by atomic mass is 32.1. The van der Waals surface area contributed by atoms with E-state index in [2.05, 4.69) is 25.7 Å². The Morgan fingerprint density at radius 2 is 1.88 bits per heavy atom. The van der Waals surface area contributed by atoms with E-state index in [1.54, 1.807) is 0 Å². The minimum absolute atomic E-state index is 0.188. The fourth-order valence-corrected chi connectivity index (χ4v) is 2.83. The first kappa shape index (κ1) is 12.6. The molecule has 1 aromatic rings. The fourth-order valence-electron chi connectivity index (χ4n) is 2.14. The van der Waals surface area contributed by atoms with Crippen molar-refractivity contribution in [3.8, 4) is 0 Å².